The third-order valence-electron chi connectivity index (χ3n) is 7.31. The fourth-order valence-corrected chi connectivity index (χ4v) is 4.63. The minimum Gasteiger partial charge on any atom is -0.481 e. The van der Waals surface area contributed by atoms with E-state index in [1.54, 1.807) is 24.1 Å². The van der Waals surface area contributed by atoms with E-state index in [-0.39, 0.29) is 29.5 Å². The van der Waals surface area contributed by atoms with Crippen molar-refractivity contribution < 1.29 is 54.0 Å². The Hall–Kier alpha value is -6.67. The first-order chi connectivity index (χ1) is 24.0. The van der Waals surface area contributed by atoms with Crippen molar-refractivity contribution in [1.29, 1.82) is 0 Å². The largest absolute Gasteiger partial charge is 0.481 e. The van der Waals surface area contributed by atoms with Crippen LogP contribution in [0.4, 0.5) is 17.5 Å². The van der Waals surface area contributed by atoms with Gasteiger partial charge in [0.15, 0.2) is 17.0 Å². The molecule has 3 amide bonds. The lowest BCUT2D eigenvalue weighted by molar-refractivity contribution is -0.144. The highest BCUT2D eigenvalue weighted by Gasteiger charge is 2.26. The van der Waals surface area contributed by atoms with Crippen LogP contribution in [0.1, 0.15) is 54.6 Å². The number of fused-ring (bicyclic) bond motifs is 1. The number of hydrogen-bond donors (Lipinski definition) is 9. The molecule has 3 aromatic rings. The van der Waals surface area contributed by atoms with E-state index in [4.69, 9.17) is 21.7 Å². The van der Waals surface area contributed by atoms with Crippen LogP contribution in [-0.4, -0.2) is 107 Å². The fourth-order valence-electron chi connectivity index (χ4n) is 4.63. The Bertz CT molecular complexity index is 1810. The average molecular weight is 713 g/mol. The Balaban J connectivity index is 1.52. The Kier molecular flexibility index (Phi) is 13.4. The third kappa shape index (κ3) is 11.8. The number of carbonyl (C=O) groups excluding carboxylic acids is 3. The van der Waals surface area contributed by atoms with E-state index < -0.39 is 98.2 Å². The van der Waals surface area contributed by atoms with Crippen molar-refractivity contribution in [3.63, 3.8) is 0 Å². The lowest BCUT2D eigenvalue weighted by Gasteiger charge is -2.20. The zero-order chi connectivity index (χ0) is 37.8. The van der Waals surface area contributed by atoms with Gasteiger partial charge in [-0.1, -0.05) is 0 Å². The number of amides is 3. The molecule has 3 atom stereocenters. The summed E-state index contributed by atoms with van der Waals surface area (Å²) >= 11 is 0. The summed E-state index contributed by atoms with van der Waals surface area (Å²) in [7, 11) is 1.76. The van der Waals surface area contributed by atoms with E-state index in [0.717, 1.165) is 0 Å². The van der Waals surface area contributed by atoms with Crippen LogP contribution in [0.25, 0.3) is 11.2 Å². The van der Waals surface area contributed by atoms with Crippen molar-refractivity contribution in [2.45, 2.75) is 63.2 Å². The number of nitrogen functional groups attached to an aromatic ring is 2. The van der Waals surface area contributed by atoms with E-state index in [1.165, 1.54) is 18.3 Å². The number of nitrogens with two attached hydrogens (primary N) is 2. The molecule has 0 fully saturated rings. The fraction of sp³-hybridized carbons (Fsp3) is 0.367. The van der Waals surface area contributed by atoms with Crippen LogP contribution in [0, 0.1) is 0 Å². The van der Waals surface area contributed by atoms with Gasteiger partial charge >= 0.3 is 23.9 Å². The highest BCUT2D eigenvalue weighted by atomic mass is 16.4. The molecular weight excluding hydrogens is 676 g/mol. The van der Waals surface area contributed by atoms with Gasteiger partial charge in [0.25, 0.3) is 5.91 Å². The Morgan fingerprint density at radius 1 is 0.725 bits per heavy atom. The molecule has 51 heavy (non-hydrogen) atoms. The second kappa shape index (κ2) is 17.6. The molecule has 0 aliphatic heterocycles. The first-order valence-corrected chi connectivity index (χ1v) is 15.2. The van der Waals surface area contributed by atoms with Gasteiger partial charge in [-0.3, -0.25) is 19.2 Å². The first kappa shape index (κ1) is 38.8. The van der Waals surface area contributed by atoms with Gasteiger partial charge in [-0.25, -0.2) is 24.4 Å². The van der Waals surface area contributed by atoms with Crippen LogP contribution in [0.5, 0.6) is 0 Å². The van der Waals surface area contributed by atoms with Crippen molar-refractivity contribution in [3.05, 3.63) is 41.7 Å². The molecule has 2 aromatic heterocycles. The summed E-state index contributed by atoms with van der Waals surface area (Å²) in [6, 6.07) is 1.56. The van der Waals surface area contributed by atoms with Crippen molar-refractivity contribution in [1.82, 2.24) is 35.9 Å². The molecule has 2 unspecified atom stereocenters. The third-order valence-corrected chi connectivity index (χ3v) is 7.31. The zero-order valence-corrected chi connectivity index (χ0v) is 27.1. The number of hydrogen-bond acceptors (Lipinski definition) is 14. The number of carboxylic acids is 4. The Labute approximate surface area is 288 Å². The van der Waals surface area contributed by atoms with E-state index in [9.17, 15) is 43.8 Å². The highest BCUT2D eigenvalue weighted by molar-refractivity contribution is 5.97. The number of aromatic nitrogens is 4. The number of anilines is 3. The zero-order valence-electron chi connectivity index (χ0n) is 27.1. The standard InChI is InChI=1S/C30H36N10O11/c1-40(13-15-12-33-25-23(34-15)24(31)38-30(32)39-25)16-4-2-14(3-5-16)26(45)37-19(29(50)51)7-10-21(42)35-17(27(46)47)6-9-20(41)36-18(28(48)49)8-11-22(43)44/h2-5,12,17-19H,6-11,13H2,1H3,(H,35,42)(H,36,41)(H,37,45)(H,43,44)(H,46,47)(H,48,49)(H,50,51)(H4,31,32,33,38,39)/t17?,18-,19?/m0/s1. The number of nitrogens with zero attached hydrogens (tertiary/aromatic N) is 5. The molecule has 1 aromatic carbocycles. The van der Waals surface area contributed by atoms with Gasteiger partial charge < -0.3 is 52.7 Å². The molecular formula is C30H36N10O11. The predicted octanol–water partition coefficient (Wildman–Crippen LogP) is -1.03. The lowest BCUT2D eigenvalue weighted by Crippen LogP contribution is -2.45. The van der Waals surface area contributed by atoms with Crippen molar-refractivity contribution in [2.75, 3.05) is 23.4 Å². The van der Waals surface area contributed by atoms with Crippen LogP contribution in [-0.2, 0) is 35.3 Å². The Morgan fingerprint density at radius 2 is 1.24 bits per heavy atom. The summed E-state index contributed by atoms with van der Waals surface area (Å²) in [5.74, 6) is -8.15. The van der Waals surface area contributed by atoms with Gasteiger partial charge in [0.05, 0.1) is 18.4 Å². The Morgan fingerprint density at radius 3 is 1.75 bits per heavy atom. The first-order valence-electron chi connectivity index (χ1n) is 15.2. The predicted molar refractivity (Wildman–Crippen MR) is 176 cm³/mol. The molecule has 0 aliphatic rings. The van der Waals surface area contributed by atoms with E-state index in [1.807, 2.05) is 0 Å². The number of aliphatic carboxylic acids is 4. The van der Waals surface area contributed by atoms with Crippen LogP contribution in [0.15, 0.2) is 30.5 Å². The molecule has 3 rings (SSSR count). The monoisotopic (exact) mass is 712 g/mol. The maximum absolute atomic E-state index is 12.8. The van der Waals surface area contributed by atoms with Gasteiger partial charge in [0.2, 0.25) is 17.8 Å². The number of rotatable bonds is 19. The summed E-state index contributed by atoms with van der Waals surface area (Å²) in [5, 5.41) is 43.6. The SMILES string of the molecule is CN(Cc1cnc2nc(N)nc(N)c2n1)c1ccc(C(=O)NC(CCC(=O)NC(CCC(=O)N[C@@H](CCC(=O)O)C(=O)O)C(=O)O)C(=O)O)cc1. The summed E-state index contributed by atoms with van der Waals surface area (Å²) < 4.78 is 0. The second-order valence-corrected chi connectivity index (χ2v) is 11.2. The van der Waals surface area contributed by atoms with E-state index >= 15 is 0 Å². The summed E-state index contributed by atoms with van der Waals surface area (Å²) in [6.45, 7) is 0.289. The van der Waals surface area contributed by atoms with Gasteiger partial charge in [-0.05, 0) is 43.5 Å². The molecule has 0 spiro atoms. The smallest absolute Gasteiger partial charge is 0.326 e. The molecule has 0 aliphatic carbocycles. The summed E-state index contributed by atoms with van der Waals surface area (Å²) in [4.78, 5) is 101. The van der Waals surface area contributed by atoms with E-state index in [2.05, 4.69) is 35.9 Å². The maximum atomic E-state index is 12.8. The number of benzene rings is 1. The summed E-state index contributed by atoms with van der Waals surface area (Å²) in [5.41, 5.74) is 13.3. The lowest BCUT2D eigenvalue weighted by atomic mass is 10.1. The van der Waals surface area contributed by atoms with Crippen molar-refractivity contribution in [3.8, 4) is 0 Å². The molecule has 0 radical (unpaired) electrons. The van der Waals surface area contributed by atoms with Gasteiger partial charge in [-0.15, -0.1) is 0 Å². The molecule has 0 saturated carbocycles. The number of nitrogens with one attached hydrogen (secondary N) is 3. The van der Waals surface area contributed by atoms with Gasteiger partial charge in [0.1, 0.15) is 18.1 Å². The maximum Gasteiger partial charge on any atom is 0.326 e. The molecule has 0 saturated heterocycles. The quantitative estimate of drug-likeness (QED) is 0.0717. The topological polar surface area (TPSA) is 343 Å². The van der Waals surface area contributed by atoms with Gasteiger partial charge in [-0.2, -0.15) is 9.97 Å². The van der Waals surface area contributed by atoms with Crippen molar-refractivity contribution in [2.24, 2.45) is 0 Å². The molecule has 21 heteroatoms. The molecule has 2 heterocycles. The molecule has 21 nitrogen and oxygen atoms in total. The molecule has 11 N–H and O–H groups in total. The number of carbonyl (C=O) groups is 7. The van der Waals surface area contributed by atoms with Crippen LogP contribution in [0.2, 0.25) is 0 Å². The summed E-state index contributed by atoms with van der Waals surface area (Å²) in [6.07, 6.45) is -1.29. The average Bonchev–Trinajstić information content (AvgIpc) is 3.06. The minimum absolute atomic E-state index is 0.0294. The van der Waals surface area contributed by atoms with Gasteiger partial charge in [0, 0.05) is 37.6 Å². The van der Waals surface area contributed by atoms with Crippen LogP contribution < -0.4 is 32.3 Å². The van der Waals surface area contributed by atoms with Crippen LogP contribution in [0.3, 0.4) is 0 Å². The van der Waals surface area contributed by atoms with E-state index in [0.29, 0.717) is 16.9 Å². The second-order valence-electron chi connectivity index (χ2n) is 11.2. The molecule has 272 valence electrons. The normalized spacial score (nSPS) is 12.6. The van der Waals surface area contributed by atoms with Crippen molar-refractivity contribution >= 4 is 70.2 Å². The number of carboxylic acid groups (broad SMARTS) is 4. The minimum atomic E-state index is -1.58. The van der Waals surface area contributed by atoms with Crippen LogP contribution >= 0.6 is 0 Å². The highest BCUT2D eigenvalue weighted by Crippen LogP contribution is 2.19. The molecule has 0 bridgehead atoms.